The molecule has 0 radical (unpaired) electrons. The number of hydrogen-bond donors (Lipinski definition) is 1. The smallest absolute Gasteiger partial charge is 0.259 e. The molecular weight excluding hydrogens is 729 g/mol. The molecule has 0 saturated heterocycles. The molecule has 0 aromatic heterocycles. The first kappa shape index (κ1) is 46.9. The molecule has 1 rings (SSSR count). The van der Waals surface area contributed by atoms with Crippen molar-refractivity contribution in [2.75, 3.05) is 0 Å². The van der Waals surface area contributed by atoms with Crippen LogP contribution in [0, 0.1) is 3.57 Å². The van der Waals surface area contributed by atoms with Crippen LogP contribution in [-0.4, -0.2) is 11.8 Å². The largest absolute Gasteiger partial charge is 0.293 e. The third-order valence-corrected chi connectivity index (χ3v) is 12.2. The van der Waals surface area contributed by atoms with Crippen molar-refractivity contribution in [3.8, 4) is 0 Å². The molecule has 50 heavy (non-hydrogen) atoms. The zero-order valence-electron chi connectivity index (χ0n) is 33.3. The maximum absolute atomic E-state index is 12.9. The van der Waals surface area contributed by atoms with E-state index in [2.05, 4.69) is 25.2 Å². The van der Waals surface area contributed by atoms with Crippen LogP contribution in [0.25, 0.3) is 0 Å². The van der Waals surface area contributed by atoms with Crippen molar-refractivity contribution in [3.05, 3.63) is 32.4 Å². The fourth-order valence-electron chi connectivity index (χ4n) is 7.30. The van der Waals surface area contributed by atoms with Crippen LogP contribution in [0.4, 0.5) is 0 Å². The van der Waals surface area contributed by atoms with E-state index in [-0.39, 0.29) is 5.91 Å². The number of carbonyl (C=O) groups is 2. The van der Waals surface area contributed by atoms with Crippen LogP contribution >= 0.6 is 21.2 Å². The second-order valence-electron chi connectivity index (χ2n) is 15.3. The minimum Gasteiger partial charge on any atom is -0.293 e. The Labute approximate surface area is 320 Å². The molecule has 0 bridgehead atoms. The molecule has 0 spiro atoms. The molecule has 0 unspecified atom stereocenters. The van der Waals surface area contributed by atoms with E-state index < -0.39 is 27.1 Å². The average Bonchev–Trinajstić information content (AvgIpc) is 3.10. The summed E-state index contributed by atoms with van der Waals surface area (Å²) in [6, 6.07) is 4.13. The quantitative estimate of drug-likeness (QED) is 0.0542. The van der Waals surface area contributed by atoms with Gasteiger partial charge >= 0.3 is 0 Å². The first-order valence-corrected chi connectivity index (χ1v) is 23.7. The Morgan fingerprint density at radius 1 is 0.480 bits per heavy atom. The predicted octanol–water partition coefficient (Wildman–Crippen LogP) is 15.1. The average molecular weight is 810 g/mol. The van der Waals surface area contributed by atoms with Crippen molar-refractivity contribution in [1.82, 2.24) is 5.32 Å². The molecule has 2 amide bonds. The molecule has 1 N–H and O–H groups in total. The van der Waals surface area contributed by atoms with Crippen LogP contribution in [0.5, 0.6) is 0 Å². The maximum atomic E-state index is 12.9. The van der Waals surface area contributed by atoms with Crippen molar-refractivity contribution in [1.29, 1.82) is 0 Å². The summed E-state index contributed by atoms with van der Waals surface area (Å²) in [6.45, 7) is 5.93. The highest BCUT2D eigenvalue weighted by Crippen LogP contribution is 2.27. The van der Waals surface area contributed by atoms with E-state index in [9.17, 15) is 12.7 Å². The summed E-state index contributed by atoms with van der Waals surface area (Å²) < 4.78 is 13.1. The Balaban J connectivity index is 2.32. The van der Waals surface area contributed by atoms with Gasteiger partial charge in [-0.3, -0.25) is 18.0 Å². The molecule has 5 heteroatoms. The first-order valence-electron chi connectivity index (χ1n) is 21.8. The molecule has 1 aromatic carbocycles. The summed E-state index contributed by atoms with van der Waals surface area (Å²) in [4.78, 5) is 24.6. The Kier molecular flexibility index (Phi) is 32.8. The van der Waals surface area contributed by atoms with Crippen LogP contribution in [0.2, 0.25) is 0 Å². The second-order valence-corrected chi connectivity index (χ2v) is 16.8. The van der Waals surface area contributed by atoms with E-state index >= 15 is 0 Å². The van der Waals surface area contributed by atoms with E-state index in [0.717, 1.165) is 36.8 Å². The SMILES string of the molecule is CCCCCCCCCCCCCCCCCCc1cc(CCCCCCCCCCCCCCCCCC)c(I=O)c(C(=O)NC(C)=O)c1. The summed E-state index contributed by atoms with van der Waals surface area (Å²) in [5.74, 6) is -0.766. The standard InChI is InChI=1S/C45H80INO3/c1-4-6-8-10-12-14-16-18-20-22-24-26-28-30-32-34-36-41-38-42(44(46-50)43(39-41)45(49)47-40(3)48)37-35-33-31-29-27-25-23-21-19-17-15-13-11-9-7-5-2/h38-39H,4-37H2,1-3H3,(H,47,48,49). The number of benzene rings is 1. The number of imide groups is 1. The van der Waals surface area contributed by atoms with Gasteiger partial charge in [0.05, 0.1) is 9.13 Å². The molecule has 0 atom stereocenters. The lowest BCUT2D eigenvalue weighted by atomic mass is 9.96. The van der Waals surface area contributed by atoms with E-state index in [0.29, 0.717) is 9.13 Å². The number of unbranched alkanes of at least 4 members (excludes halogenated alkanes) is 30. The lowest BCUT2D eigenvalue weighted by molar-refractivity contribution is -0.118. The zero-order valence-corrected chi connectivity index (χ0v) is 35.5. The van der Waals surface area contributed by atoms with Gasteiger partial charge in [0, 0.05) is 6.92 Å². The number of carbonyl (C=O) groups excluding carboxylic acids is 2. The molecule has 0 aliphatic rings. The van der Waals surface area contributed by atoms with Gasteiger partial charge in [-0.2, -0.15) is 0 Å². The van der Waals surface area contributed by atoms with Crippen molar-refractivity contribution in [2.45, 2.75) is 239 Å². The van der Waals surface area contributed by atoms with Gasteiger partial charge in [0.15, 0.2) is 21.2 Å². The zero-order chi connectivity index (χ0) is 36.3. The third kappa shape index (κ3) is 26.6. The van der Waals surface area contributed by atoms with Crippen LogP contribution in [0.1, 0.15) is 248 Å². The van der Waals surface area contributed by atoms with E-state index in [1.165, 1.54) is 200 Å². The first-order chi connectivity index (χ1) is 24.5. The lowest BCUT2D eigenvalue weighted by Crippen LogP contribution is -2.29. The van der Waals surface area contributed by atoms with Crippen LogP contribution in [0.3, 0.4) is 0 Å². The Bertz CT molecular complexity index is 977. The number of halogens is 1. The molecule has 0 aliphatic heterocycles. The molecule has 0 saturated carbocycles. The molecule has 0 aliphatic carbocycles. The summed E-state index contributed by atoms with van der Waals surface area (Å²) in [5, 5.41) is 2.44. The van der Waals surface area contributed by atoms with Gasteiger partial charge < -0.3 is 0 Å². The van der Waals surface area contributed by atoms with Crippen molar-refractivity contribution in [2.24, 2.45) is 0 Å². The van der Waals surface area contributed by atoms with Gasteiger partial charge in [-0.05, 0) is 42.9 Å². The van der Waals surface area contributed by atoms with E-state index in [1.54, 1.807) is 0 Å². The van der Waals surface area contributed by atoms with Crippen molar-refractivity contribution >= 4 is 33.0 Å². The van der Waals surface area contributed by atoms with Crippen LogP contribution < -0.4 is 5.32 Å². The normalized spacial score (nSPS) is 11.3. The van der Waals surface area contributed by atoms with Crippen molar-refractivity contribution < 1.29 is 12.7 Å². The van der Waals surface area contributed by atoms with Gasteiger partial charge in [0.2, 0.25) is 5.91 Å². The fraction of sp³-hybridized carbons (Fsp3) is 0.822. The minimum atomic E-state index is -1.51. The van der Waals surface area contributed by atoms with Gasteiger partial charge in [0.25, 0.3) is 5.91 Å². The topological polar surface area (TPSA) is 63.2 Å². The highest BCUT2D eigenvalue weighted by atomic mass is 127. The molecule has 0 fully saturated rings. The molecule has 4 nitrogen and oxygen atoms in total. The van der Waals surface area contributed by atoms with Gasteiger partial charge in [-0.25, -0.2) is 0 Å². The number of nitrogens with one attached hydrogen (secondary N) is 1. The molecule has 290 valence electrons. The van der Waals surface area contributed by atoms with Crippen LogP contribution in [-0.2, 0) is 20.7 Å². The molecular formula is C45H80INO3. The maximum Gasteiger partial charge on any atom is 0.259 e. The highest BCUT2D eigenvalue weighted by Gasteiger charge is 2.18. The van der Waals surface area contributed by atoms with Gasteiger partial charge in [-0.1, -0.05) is 213 Å². The summed E-state index contributed by atoms with van der Waals surface area (Å²) in [5.41, 5.74) is 2.68. The third-order valence-electron chi connectivity index (χ3n) is 10.4. The highest BCUT2D eigenvalue weighted by molar-refractivity contribution is 14.1. The summed E-state index contributed by atoms with van der Waals surface area (Å²) in [7, 11) is 0. The van der Waals surface area contributed by atoms with Crippen molar-refractivity contribution in [3.63, 3.8) is 0 Å². The molecule has 0 heterocycles. The Morgan fingerprint density at radius 2 is 0.800 bits per heavy atom. The monoisotopic (exact) mass is 810 g/mol. The fourth-order valence-corrected chi connectivity index (χ4v) is 8.65. The van der Waals surface area contributed by atoms with Crippen LogP contribution in [0.15, 0.2) is 12.1 Å². The molecule has 1 aromatic rings. The number of rotatable bonds is 36. The lowest BCUT2D eigenvalue weighted by Gasteiger charge is -2.13. The number of hydrogen-bond acceptors (Lipinski definition) is 3. The number of amides is 2. The minimum absolute atomic E-state index is 0.368. The summed E-state index contributed by atoms with van der Waals surface area (Å²) >= 11 is -1.51. The number of aryl methyl sites for hydroxylation is 2. The van der Waals surface area contributed by atoms with Gasteiger partial charge in [0.1, 0.15) is 0 Å². The Hall–Kier alpha value is -1.11. The Morgan fingerprint density at radius 3 is 1.12 bits per heavy atom. The van der Waals surface area contributed by atoms with E-state index in [1.807, 2.05) is 6.07 Å². The summed E-state index contributed by atoms with van der Waals surface area (Å²) in [6.07, 6.45) is 45.0. The second kappa shape index (κ2) is 34.9. The van der Waals surface area contributed by atoms with Gasteiger partial charge in [-0.15, -0.1) is 0 Å². The predicted molar refractivity (Wildman–Crippen MR) is 224 cm³/mol. The van der Waals surface area contributed by atoms with E-state index in [4.69, 9.17) is 0 Å².